The van der Waals surface area contributed by atoms with Crippen LogP contribution in [0.4, 0.5) is 5.69 Å². The Balaban J connectivity index is 1.49. The second-order valence-corrected chi connectivity index (χ2v) is 5.87. The van der Waals surface area contributed by atoms with Crippen molar-refractivity contribution in [1.29, 1.82) is 0 Å². The number of carbonyl (C=O) groups excluding carboxylic acids is 2. The van der Waals surface area contributed by atoms with E-state index in [0.29, 0.717) is 18.8 Å². The zero-order chi connectivity index (χ0) is 16.8. The van der Waals surface area contributed by atoms with Crippen molar-refractivity contribution in [2.45, 2.75) is 6.54 Å². The Morgan fingerprint density at radius 2 is 1.42 bits per heavy atom. The Kier molecular flexibility index (Phi) is 5.23. The molecule has 2 aromatic carbocycles. The highest BCUT2D eigenvalue weighted by atomic mass is 16.2. The summed E-state index contributed by atoms with van der Waals surface area (Å²) in [6.07, 6.45) is 0. The van der Waals surface area contributed by atoms with Crippen LogP contribution in [0.2, 0.25) is 0 Å². The molecule has 2 amide bonds. The normalized spacial score (nSPS) is 15.1. The van der Waals surface area contributed by atoms with Gasteiger partial charge in [0.05, 0.1) is 0 Å². The molecule has 0 bridgehead atoms. The van der Waals surface area contributed by atoms with E-state index in [-0.39, 0.29) is 0 Å². The van der Waals surface area contributed by atoms with Crippen LogP contribution in [0.15, 0.2) is 60.7 Å². The van der Waals surface area contributed by atoms with E-state index in [1.807, 2.05) is 36.4 Å². The topological polar surface area (TPSA) is 52.7 Å². The number of nitrogens with zero attached hydrogens (tertiary/aromatic N) is 2. The third-order valence-corrected chi connectivity index (χ3v) is 4.13. The molecule has 3 rings (SSSR count). The van der Waals surface area contributed by atoms with Crippen molar-refractivity contribution in [3.63, 3.8) is 0 Å². The van der Waals surface area contributed by atoms with E-state index >= 15 is 0 Å². The van der Waals surface area contributed by atoms with Gasteiger partial charge in [0.25, 0.3) is 0 Å². The first-order chi connectivity index (χ1) is 11.7. The molecule has 1 heterocycles. The third kappa shape index (κ3) is 4.20. The van der Waals surface area contributed by atoms with Gasteiger partial charge in [-0.05, 0) is 17.7 Å². The molecule has 5 heteroatoms. The fourth-order valence-corrected chi connectivity index (χ4v) is 2.80. The van der Waals surface area contributed by atoms with Gasteiger partial charge in [-0.3, -0.25) is 14.5 Å². The predicted octanol–water partition coefficient (Wildman–Crippen LogP) is 1.97. The van der Waals surface area contributed by atoms with Crippen molar-refractivity contribution in [2.75, 3.05) is 31.5 Å². The summed E-state index contributed by atoms with van der Waals surface area (Å²) in [7, 11) is 0. The summed E-state index contributed by atoms with van der Waals surface area (Å²) in [6, 6.07) is 19.3. The summed E-state index contributed by atoms with van der Waals surface area (Å²) < 4.78 is 0. The quantitative estimate of drug-likeness (QED) is 0.879. The highest BCUT2D eigenvalue weighted by molar-refractivity contribution is 6.39. The zero-order valence-corrected chi connectivity index (χ0v) is 13.5. The third-order valence-electron chi connectivity index (χ3n) is 4.13. The van der Waals surface area contributed by atoms with Gasteiger partial charge in [-0.2, -0.15) is 0 Å². The van der Waals surface area contributed by atoms with E-state index < -0.39 is 11.8 Å². The molecule has 124 valence electrons. The second kappa shape index (κ2) is 7.75. The molecule has 2 aromatic rings. The van der Waals surface area contributed by atoms with Crippen molar-refractivity contribution >= 4 is 17.5 Å². The van der Waals surface area contributed by atoms with Crippen LogP contribution in [0.3, 0.4) is 0 Å². The molecular weight excluding hydrogens is 302 g/mol. The summed E-state index contributed by atoms with van der Waals surface area (Å²) in [5.74, 6) is -1.03. The molecule has 0 aromatic heterocycles. The number of hydrogen-bond donors (Lipinski definition) is 1. The maximum absolute atomic E-state index is 12.3. The fourth-order valence-electron chi connectivity index (χ4n) is 2.80. The number of hydrogen-bond acceptors (Lipinski definition) is 3. The van der Waals surface area contributed by atoms with Crippen molar-refractivity contribution in [3.05, 3.63) is 66.2 Å². The van der Waals surface area contributed by atoms with Crippen LogP contribution in [0.25, 0.3) is 0 Å². The molecule has 24 heavy (non-hydrogen) atoms. The number of para-hydroxylation sites is 1. The summed E-state index contributed by atoms with van der Waals surface area (Å²) >= 11 is 0. The standard InChI is InChI=1S/C19H21N3O2/c23-18(20-17-9-5-2-6-10-17)19(24)22-13-11-21(12-14-22)15-16-7-3-1-4-8-16/h1-10H,11-15H2,(H,20,23). The first kappa shape index (κ1) is 16.2. The highest BCUT2D eigenvalue weighted by Gasteiger charge is 2.25. The van der Waals surface area contributed by atoms with Gasteiger partial charge in [-0.1, -0.05) is 48.5 Å². The lowest BCUT2D eigenvalue weighted by molar-refractivity contribution is -0.144. The van der Waals surface area contributed by atoms with Crippen LogP contribution in [-0.4, -0.2) is 47.8 Å². The molecule has 1 aliphatic rings. The van der Waals surface area contributed by atoms with Gasteiger partial charge in [0, 0.05) is 38.4 Å². The minimum absolute atomic E-state index is 0.460. The molecule has 0 spiro atoms. The number of benzene rings is 2. The smallest absolute Gasteiger partial charge is 0.313 e. The Morgan fingerprint density at radius 3 is 2.04 bits per heavy atom. The van der Waals surface area contributed by atoms with Gasteiger partial charge in [0.2, 0.25) is 0 Å². The SMILES string of the molecule is O=C(Nc1ccccc1)C(=O)N1CCN(Cc2ccccc2)CC1. The number of nitrogens with one attached hydrogen (secondary N) is 1. The summed E-state index contributed by atoms with van der Waals surface area (Å²) in [4.78, 5) is 28.3. The van der Waals surface area contributed by atoms with Crippen LogP contribution in [-0.2, 0) is 16.1 Å². The average Bonchev–Trinajstić information content (AvgIpc) is 2.63. The monoisotopic (exact) mass is 323 g/mol. The lowest BCUT2D eigenvalue weighted by atomic mass is 10.2. The van der Waals surface area contributed by atoms with Crippen LogP contribution < -0.4 is 5.32 Å². The van der Waals surface area contributed by atoms with Crippen LogP contribution in [0.1, 0.15) is 5.56 Å². The largest absolute Gasteiger partial charge is 0.332 e. The van der Waals surface area contributed by atoms with Crippen LogP contribution >= 0.6 is 0 Å². The van der Waals surface area contributed by atoms with E-state index in [0.717, 1.165) is 19.6 Å². The van der Waals surface area contributed by atoms with Crippen LogP contribution in [0, 0.1) is 0 Å². The molecule has 1 saturated heterocycles. The molecule has 0 radical (unpaired) electrons. The fraction of sp³-hybridized carbons (Fsp3) is 0.263. The first-order valence-corrected chi connectivity index (χ1v) is 8.14. The summed E-state index contributed by atoms with van der Waals surface area (Å²) in [5.41, 5.74) is 1.90. The maximum Gasteiger partial charge on any atom is 0.313 e. The molecule has 0 aliphatic carbocycles. The molecule has 0 unspecified atom stereocenters. The minimum atomic E-state index is -0.572. The molecule has 0 saturated carbocycles. The Bertz CT molecular complexity index is 680. The van der Waals surface area contributed by atoms with Gasteiger partial charge in [-0.15, -0.1) is 0 Å². The lowest BCUT2D eigenvalue weighted by Crippen LogP contribution is -2.51. The molecule has 0 atom stereocenters. The molecule has 1 N–H and O–H groups in total. The first-order valence-electron chi connectivity index (χ1n) is 8.14. The maximum atomic E-state index is 12.3. The predicted molar refractivity (Wildman–Crippen MR) is 93.4 cm³/mol. The van der Waals surface area contributed by atoms with Crippen molar-refractivity contribution in [2.24, 2.45) is 0 Å². The second-order valence-electron chi connectivity index (χ2n) is 5.87. The minimum Gasteiger partial charge on any atom is -0.332 e. The van der Waals surface area contributed by atoms with Gasteiger partial charge in [0.1, 0.15) is 0 Å². The van der Waals surface area contributed by atoms with Crippen molar-refractivity contribution < 1.29 is 9.59 Å². The molecule has 5 nitrogen and oxygen atoms in total. The number of anilines is 1. The Morgan fingerprint density at radius 1 is 0.833 bits per heavy atom. The van der Waals surface area contributed by atoms with Crippen LogP contribution in [0.5, 0.6) is 0 Å². The molecule has 1 aliphatic heterocycles. The highest BCUT2D eigenvalue weighted by Crippen LogP contribution is 2.10. The zero-order valence-electron chi connectivity index (χ0n) is 13.5. The molecular formula is C19H21N3O2. The van der Waals surface area contributed by atoms with Crippen molar-refractivity contribution in [1.82, 2.24) is 9.80 Å². The number of amides is 2. The van der Waals surface area contributed by atoms with Gasteiger partial charge in [0.15, 0.2) is 0 Å². The van der Waals surface area contributed by atoms with Gasteiger partial charge < -0.3 is 10.2 Å². The summed E-state index contributed by atoms with van der Waals surface area (Å²) in [6.45, 7) is 3.58. The van der Waals surface area contributed by atoms with Gasteiger partial charge in [-0.25, -0.2) is 0 Å². The Hall–Kier alpha value is -2.66. The van der Waals surface area contributed by atoms with E-state index in [1.54, 1.807) is 17.0 Å². The van der Waals surface area contributed by atoms with E-state index in [2.05, 4.69) is 22.3 Å². The number of carbonyl (C=O) groups is 2. The molecule has 1 fully saturated rings. The Labute approximate surface area is 141 Å². The summed E-state index contributed by atoms with van der Waals surface area (Å²) in [5, 5.41) is 2.65. The van der Waals surface area contributed by atoms with Crippen molar-refractivity contribution in [3.8, 4) is 0 Å². The van der Waals surface area contributed by atoms with E-state index in [1.165, 1.54) is 5.56 Å². The number of rotatable bonds is 3. The van der Waals surface area contributed by atoms with E-state index in [9.17, 15) is 9.59 Å². The van der Waals surface area contributed by atoms with Gasteiger partial charge >= 0.3 is 11.8 Å². The van der Waals surface area contributed by atoms with E-state index in [4.69, 9.17) is 0 Å². The lowest BCUT2D eigenvalue weighted by Gasteiger charge is -2.34. The number of piperazine rings is 1. The average molecular weight is 323 g/mol.